The molecule has 4 heterocycles. The number of thiocarbonyl (C=S) groups is 1. The highest BCUT2D eigenvalue weighted by Gasteiger charge is 2.38. The van der Waals surface area contributed by atoms with Crippen molar-refractivity contribution < 1.29 is 4.79 Å². The van der Waals surface area contributed by atoms with Gasteiger partial charge in [-0.1, -0.05) is 60.4 Å². The minimum absolute atomic E-state index is 0.0237. The van der Waals surface area contributed by atoms with Gasteiger partial charge in [0, 0.05) is 51.5 Å². The molecule has 0 spiro atoms. The van der Waals surface area contributed by atoms with E-state index in [1.807, 2.05) is 48.5 Å². The Morgan fingerprint density at radius 1 is 0.844 bits per heavy atom. The van der Waals surface area contributed by atoms with Crippen LogP contribution in [-0.2, 0) is 18.9 Å². The van der Waals surface area contributed by atoms with Crippen LogP contribution in [-0.4, -0.2) is 50.3 Å². The van der Waals surface area contributed by atoms with Crippen molar-refractivity contribution in [1.82, 2.24) is 13.9 Å². The van der Waals surface area contributed by atoms with Gasteiger partial charge in [-0.15, -0.1) is 0 Å². The van der Waals surface area contributed by atoms with Crippen LogP contribution in [0.25, 0.3) is 11.8 Å². The topological polar surface area (TPSA) is 99.5 Å². The van der Waals surface area contributed by atoms with Crippen LogP contribution in [0.4, 0.5) is 17.2 Å². The molecular formula is C33H31N7O3S2. The molecule has 0 bridgehead atoms. The second-order valence-corrected chi connectivity index (χ2v) is 12.6. The average Bonchev–Trinajstić information content (AvgIpc) is 3.45. The first-order chi connectivity index (χ1) is 21.6. The number of nitriles is 1. The second kappa shape index (κ2) is 11.9. The van der Waals surface area contributed by atoms with Crippen molar-refractivity contribution in [2.24, 2.45) is 14.1 Å². The summed E-state index contributed by atoms with van der Waals surface area (Å²) in [4.78, 5) is 47.1. The highest BCUT2D eigenvalue weighted by atomic mass is 32.2. The fraction of sp³-hybridized carbons (Fsp3) is 0.242. The Morgan fingerprint density at radius 2 is 1.42 bits per heavy atom. The van der Waals surface area contributed by atoms with Crippen LogP contribution < -0.4 is 25.8 Å². The van der Waals surface area contributed by atoms with Crippen LogP contribution in [0.1, 0.15) is 22.4 Å². The lowest BCUT2D eigenvalue weighted by atomic mass is 10.0. The van der Waals surface area contributed by atoms with Crippen LogP contribution in [0.3, 0.4) is 0 Å². The molecule has 2 aromatic heterocycles. The van der Waals surface area contributed by atoms with Crippen molar-refractivity contribution in [1.29, 1.82) is 5.26 Å². The summed E-state index contributed by atoms with van der Waals surface area (Å²) >= 11 is 6.77. The molecule has 12 heteroatoms. The van der Waals surface area contributed by atoms with E-state index < -0.39 is 5.91 Å². The molecule has 2 aliphatic heterocycles. The van der Waals surface area contributed by atoms with E-state index in [0.717, 1.165) is 30.5 Å². The lowest BCUT2D eigenvalue weighted by molar-refractivity contribution is -0.113. The number of piperazine rings is 1. The van der Waals surface area contributed by atoms with Gasteiger partial charge in [0.2, 0.25) is 0 Å². The number of rotatable bonds is 5. The number of carbonyl (C=O) groups excluding carboxylic acids is 1. The molecule has 0 atom stereocenters. The maximum Gasteiger partial charge on any atom is 0.296 e. The largest absolute Gasteiger partial charge is 0.368 e. The monoisotopic (exact) mass is 637 g/mol. The number of anilines is 3. The molecule has 0 radical (unpaired) electrons. The first-order valence-electron chi connectivity index (χ1n) is 14.4. The minimum atomic E-state index is -0.428. The fourth-order valence-electron chi connectivity index (χ4n) is 6.01. The molecule has 10 nitrogen and oxygen atoms in total. The molecule has 0 N–H and O–H groups in total. The third kappa shape index (κ3) is 5.08. The number of para-hydroxylation sites is 2. The number of thioether (sulfide) groups is 1. The van der Waals surface area contributed by atoms with Gasteiger partial charge in [-0.3, -0.25) is 28.5 Å². The zero-order valence-corrected chi connectivity index (χ0v) is 27.0. The third-order valence-electron chi connectivity index (χ3n) is 8.49. The molecule has 4 aromatic rings. The van der Waals surface area contributed by atoms with E-state index in [-0.39, 0.29) is 26.7 Å². The van der Waals surface area contributed by atoms with E-state index in [1.54, 1.807) is 38.7 Å². The average molecular weight is 638 g/mol. The second-order valence-electron chi connectivity index (χ2n) is 11.0. The predicted molar refractivity (Wildman–Crippen MR) is 183 cm³/mol. The van der Waals surface area contributed by atoms with Gasteiger partial charge in [0.25, 0.3) is 17.0 Å². The highest BCUT2D eigenvalue weighted by Crippen LogP contribution is 2.38. The van der Waals surface area contributed by atoms with Crippen molar-refractivity contribution in [2.75, 3.05) is 40.9 Å². The Kier molecular flexibility index (Phi) is 7.99. The van der Waals surface area contributed by atoms with Gasteiger partial charge in [0.1, 0.15) is 23.1 Å². The maximum atomic E-state index is 14.0. The van der Waals surface area contributed by atoms with E-state index in [0.29, 0.717) is 46.3 Å². The van der Waals surface area contributed by atoms with E-state index in [2.05, 4.69) is 28.0 Å². The smallest absolute Gasteiger partial charge is 0.296 e. The summed E-state index contributed by atoms with van der Waals surface area (Å²) in [5.41, 5.74) is 2.96. The summed E-state index contributed by atoms with van der Waals surface area (Å²) in [6.07, 6.45) is 1.71. The van der Waals surface area contributed by atoms with E-state index in [9.17, 15) is 19.6 Å². The zero-order chi connectivity index (χ0) is 32.0. The summed E-state index contributed by atoms with van der Waals surface area (Å²) in [5, 5.41) is 9.89. The van der Waals surface area contributed by atoms with Crippen molar-refractivity contribution in [3.63, 3.8) is 0 Å². The Balaban J connectivity index is 1.40. The lowest BCUT2D eigenvalue weighted by Crippen LogP contribution is -2.48. The standard InChI is InChI=1S/C33H31N7O3S2/c1-21-25(29(35(3)30(41)26(21)20-34)38-17-15-37(16-18-38)23-11-7-5-8-12-23)19-27-31(42)39(33(44)45-27)28-22(2)36(4)40(32(28)43)24-13-9-6-10-14-24/h5-14,19H,15-18H2,1-4H3/b27-19-. The minimum Gasteiger partial charge on any atom is -0.368 e. The molecule has 2 saturated heterocycles. The van der Waals surface area contributed by atoms with Crippen LogP contribution in [0.5, 0.6) is 0 Å². The fourth-order valence-corrected chi connectivity index (χ4v) is 7.27. The number of amides is 1. The Labute approximate surface area is 270 Å². The van der Waals surface area contributed by atoms with Gasteiger partial charge >= 0.3 is 0 Å². The Hall–Kier alpha value is -4.86. The molecule has 6 rings (SSSR count). The van der Waals surface area contributed by atoms with Crippen molar-refractivity contribution >= 4 is 57.5 Å². The molecule has 2 aromatic carbocycles. The number of carbonyl (C=O) groups is 1. The first kappa shape index (κ1) is 30.2. The SMILES string of the molecule is Cc1c(/C=C2\SC(=S)N(c3c(C)n(C)n(-c4ccccc4)c3=O)C2=O)c(N2CCN(c3ccccc3)CC2)n(C)c(=O)c1C#N. The zero-order valence-electron chi connectivity index (χ0n) is 25.4. The summed E-state index contributed by atoms with van der Waals surface area (Å²) in [6.45, 7) is 6.26. The van der Waals surface area contributed by atoms with Crippen LogP contribution in [0, 0.1) is 25.2 Å². The van der Waals surface area contributed by atoms with Crippen molar-refractivity contribution in [3.05, 3.63) is 109 Å². The number of benzene rings is 2. The van der Waals surface area contributed by atoms with E-state index in [4.69, 9.17) is 12.2 Å². The third-order valence-corrected chi connectivity index (χ3v) is 9.79. The first-order valence-corrected chi connectivity index (χ1v) is 15.7. The summed E-state index contributed by atoms with van der Waals surface area (Å²) in [6, 6.07) is 21.4. The summed E-state index contributed by atoms with van der Waals surface area (Å²) in [7, 11) is 3.42. The van der Waals surface area contributed by atoms with Crippen LogP contribution >= 0.6 is 24.0 Å². The summed E-state index contributed by atoms with van der Waals surface area (Å²) in [5.74, 6) is 0.208. The lowest BCUT2D eigenvalue weighted by Gasteiger charge is -2.38. The molecule has 228 valence electrons. The van der Waals surface area contributed by atoms with Crippen molar-refractivity contribution in [3.8, 4) is 11.8 Å². The molecule has 1 amide bonds. The van der Waals surface area contributed by atoms with Gasteiger partial charge in [-0.05, 0) is 49.8 Å². The molecule has 45 heavy (non-hydrogen) atoms. The number of hydrogen-bond acceptors (Lipinski definition) is 8. The molecule has 0 saturated carbocycles. The molecular weight excluding hydrogens is 607 g/mol. The highest BCUT2D eigenvalue weighted by molar-refractivity contribution is 8.27. The van der Waals surface area contributed by atoms with Gasteiger partial charge in [0.05, 0.1) is 16.3 Å². The van der Waals surface area contributed by atoms with Crippen molar-refractivity contribution in [2.45, 2.75) is 13.8 Å². The predicted octanol–water partition coefficient (Wildman–Crippen LogP) is 4.10. The van der Waals surface area contributed by atoms with Crippen LogP contribution in [0.2, 0.25) is 0 Å². The molecule has 2 fully saturated rings. The number of hydrogen-bond donors (Lipinski definition) is 0. The normalized spacial score (nSPS) is 16.2. The number of pyridine rings is 1. The Morgan fingerprint density at radius 3 is 2.02 bits per heavy atom. The molecule has 0 unspecified atom stereocenters. The molecule has 0 aliphatic carbocycles. The summed E-state index contributed by atoms with van der Waals surface area (Å²) < 4.78 is 4.95. The number of nitrogens with zero attached hydrogens (tertiary/aromatic N) is 7. The van der Waals surface area contributed by atoms with Gasteiger partial charge in [-0.25, -0.2) is 4.68 Å². The van der Waals surface area contributed by atoms with E-state index in [1.165, 1.54) is 14.1 Å². The number of aromatic nitrogens is 3. The Bertz CT molecular complexity index is 2030. The molecule has 2 aliphatic rings. The maximum absolute atomic E-state index is 14.0. The quantitative estimate of drug-likeness (QED) is 0.238. The van der Waals surface area contributed by atoms with Gasteiger partial charge in [0.15, 0.2) is 4.32 Å². The van der Waals surface area contributed by atoms with Gasteiger partial charge < -0.3 is 9.80 Å². The van der Waals surface area contributed by atoms with Gasteiger partial charge in [-0.2, -0.15) is 5.26 Å². The van der Waals surface area contributed by atoms with Crippen LogP contribution in [0.15, 0.2) is 75.2 Å². The van der Waals surface area contributed by atoms with E-state index >= 15 is 0 Å².